The average molecular weight is 581 g/mol. The van der Waals surface area contributed by atoms with Crippen LogP contribution in [0.3, 0.4) is 0 Å². The van der Waals surface area contributed by atoms with Gasteiger partial charge in [-0.2, -0.15) is 21.6 Å². The zero-order valence-corrected chi connectivity index (χ0v) is 23.0. The third-order valence-electron chi connectivity index (χ3n) is 7.34. The summed E-state index contributed by atoms with van der Waals surface area (Å²) in [6, 6.07) is 38.6. The van der Waals surface area contributed by atoms with Crippen LogP contribution in [0.1, 0.15) is 22.3 Å². The molecule has 0 aromatic heterocycles. The largest absolute Gasteiger partial charge is 0.516 e. The van der Waals surface area contributed by atoms with E-state index in [1.165, 1.54) is 6.08 Å². The Kier molecular flexibility index (Phi) is 7.12. The minimum absolute atomic E-state index is 0.118. The summed E-state index contributed by atoms with van der Waals surface area (Å²) < 4.78 is 67.9. The van der Waals surface area contributed by atoms with E-state index in [1.807, 2.05) is 132 Å². The molecule has 0 spiro atoms. The second-order valence-electron chi connectivity index (χ2n) is 9.91. The highest BCUT2D eigenvalue weighted by Crippen LogP contribution is 2.56. The first-order chi connectivity index (χ1) is 20.3. The highest BCUT2D eigenvalue weighted by atomic mass is 32.2. The lowest BCUT2D eigenvalue weighted by Gasteiger charge is -2.36. The molecule has 0 bridgehead atoms. The van der Waals surface area contributed by atoms with Gasteiger partial charge in [-0.25, -0.2) is 0 Å². The van der Waals surface area contributed by atoms with E-state index >= 15 is 0 Å². The Labute approximate surface area is 243 Å². The maximum Gasteiger partial charge on any atom is 0.516 e. The van der Waals surface area contributed by atoms with Gasteiger partial charge in [0.2, 0.25) is 0 Å². The molecule has 208 valence electrons. The van der Waals surface area contributed by atoms with Crippen LogP contribution in [0.15, 0.2) is 151 Å². The van der Waals surface area contributed by atoms with Gasteiger partial charge in [-0.1, -0.05) is 78.9 Å². The van der Waals surface area contributed by atoms with Gasteiger partial charge in [-0.3, -0.25) is 4.72 Å². The highest BCUT2D eigenvalue weighted by Gasteiger charge is 2.49. The molecule has 0 saturated carbocycles. The Morgan fingerprint density at radius 3 is 1.64 bits per heavy atom. The molecule has 4 aromatic rings. The summed E-state index contributed by atoms with van der Waals surface area (Å²) in [6.45, 7) is 0. The van der Waals surface area contributed by atoms with E-state index in [0.717, 1.165) is 39.3 Å². The smallest absolute Gasteiger partial charge is 0.276 e. The summed E-state index contributed by atoms with van der Waals surface area (Å²) in [6.07, 6.45) is 4.93. The van der Waals surface area contributed by atoms with Crippen LogP contribution in [0.5, 0.6) is 0 Å². The molecule has 0 saturated heterocycles. The number of rotatable bonds is 6. The second kappa shape index (κ2) is 10.9. The minimum atomic E-state index is -5.70. The number of nitrogens with one attached hydrogen (secondary N) is 1. The van der Waals surface area contributed by atoms with E-state index in [4.69, 9.17) is 0 Å². The zero-order valence-electron chi connectivity index (χ0n) is 22.2. The van der Waals surface area contributed by atoms with Crippen molar-refractivity contribution in [3.05, 3.63) is 179 Å². The normalized spacial score (nSPS) is 17.2. The van der Waals surface area contributed by atoms with E-state index in [2.05, 4.69) is 0 Å². The van der Waals surface area contributed by atoms with Crippen molar-refractivity contribution in [1.82, 2.24) is 4.72 Å². The van der Waals surface area contributed by atoms with Gasteiger partial charge < -0.3 is 0 Å². The van der Waals surface area contributed by atoms with Gasteiger partial charge in [0.15, 0.2) is 0 Å². The van der Waals surface area contributed by atoms with Crippen LogP contribution in [0.2, 0.25) is 0 Å². The Bertz CT molecular complexity index is 1830. The predicted octanol–water partition coefficient (Wildman–Crippen LogP) is 8.20. The lowest BCUT2D eigenvalue weighted by molar-refractivity contribution is -0.0444. The van der Waals surface area contributed by atoms with Crippen molar-refractivity contribution in [2.75, 3.05) is 0 Å². The Morgan fingerprint density at radius 2 is 1.12 bits per heavy atom. The summed E-state index contributed by atoms with van der Waals surface area (Å²) in [5, 5.41) is 0. The standard InChI is InChI=1S/C35H25F3NO2S/c36-35(37,38)42(40,41)39-29-23-13-22-28-30(24-14-5-1-6-15-24)31(25-16-7-2-8-17-25)32(26-18-9-3-10-19-26)33(34(28)29)27-20-11-4-12-21-27/h1-23,28,39H/q+1. The molecule has 0 radical (unpaired) electrons. The number of allylic oxidation sites excluding steroid dienone is 7. The number of halogens is 3. The van der Waals surface area contributed by atoms with Gasteiger partial charge >= 0.3 is 15.5 Å². The van der Waals surface area contributed by atoms with Crippen LogP contribution in [-0.2, 0) is 10.0 Å². The second-order valence-corrected chi connectivity index (χ2v) is 11.6. The topological polar surface area (TPSA) is 46.2 Å². The summed E-state index contributed by atoms with van der Waals surface area (Å²) in [7, 11) is -5.70. The van der Waals surface area contributed by atoms with Gasteiger partial charge in [-0.05, 0) is 54.1 Å². The highest BCUT2D eigenvalue weighted by molar-refractivity contribution is 7.90. The molecule has 0 amide bonds. The number of hydrogen-bond acceptors (Lipinski definition) is 2. The molecule has 6 rings (SSSR count). The number of fused-ring (bicyclic) bond motifs is 1. The van der Waals surface area contributed by atoms with Gasteiger partial charge in [-0.15, -0.1) is 0 Å². The Balaban J connectivity index is 1.76. The fourth-order valence-electron chi connectivity index (χ4n) is 5.63. The molecule has 0 fully saturated rings. The van der Waals surface area contributed by atoms with E-state index in [-0.39, 0.29) is 5.70 Å². The van der Waals surface area contributed by atoms with E-state index in [0.29, 0.717) is 11.1 Å². The summed E-state index contributed by atoms with van der Waals surface area (Å²) in [4.78, 5) is 0. The summed E-state index contributed by atoms with van der Waals surface area (Å²) in [5.74, 6) is 0.310. The summed E-state index contributed by atoms with van der Waals surface area (Å²) >= 11 is 0. The molecule has 1 atom stereocenters. The van der Waals surface area contributed by atoms with Crippen molar-refractivity contribution in [1.29, 1.82) is 0 Å². The van der Waals surface area contributed by atoms with Crippen molar-refractivity contribution in [2.24, 2.45) is 5.92 Å². The van der Waals surface area contributed by atoms with Crippen molar-refractivity contribution < 1.29 is 21.6 Å². The first kappa shape index (κ1) is 27.4. The van der Waals surface area contributed by atoms with Crippen molar-refractivity contribution in [3.63, 3.8) is 0 Å². The van der Waals surface area contributed by atoms with E-state index < -0.39 is 21.4 Å². The van der Waals surface area contributed by atoms with Gasteiger partial charge in [0.25, 0.3) is 0 Å². The minimum Gasteiger partial charge on any atom is -0.276 e. The van der Waals surface area contributed by atoms with Crippen LogP contribution in [0, 0.1) is 11.8 Å². The molecule has 0 heterocycles. The monoisotopic (exact) mass is 580 g/mol. The van der Waals surface area contributed by atoms with Crippen molar-refractivity contribution >= 4 is 26.7 Å². The summed E-state index contributed by atoms with van der Waals surface area (Å²) in [5.41, 5.74) is 0.646. The van der Waals surface area contributed by atoms with Crippen LogP contribution in [-0.4, -0.2) is 13.9 Å². The first-order valence-corrected chi connectivity index (χ1v) is 14.8. The van der Waals surface area contributed by atoms with Crippen molar-refractivity contribution in [3.8, 4) is 0 Å². The molecule has 7 heteroatoms. The zero-order chi connectivity index (χ0) is 29.3. The van der Waals surface area contributed by atoms with Crippen molar-refractivity contribution in [2.45, 2.75) is 5.51 Å². The number of alkyl halides is 3. The fraction of sp³-hybridized carbons (Fsp3) is 0.0571. The maximum atomic E-state index is 13.7. The third kappa shape index (κ3) is 4.97. The van der Waals surface area contributed by atoms with E-state index in [9.17, 15) is 21.6 Å². The van der Waals surface area contributed by atoms with Gasteiger partial charge in [0.1, 0.15) is 0 Å². The molecule has 1 unspecified atom stereocenters. The quantitative estimate of drug-likeness (QED) is 0.234. The van der Waals surface area contributed by atoms with Gasteiger partial charge in [0.05, 0.1) is 34.2 Å². The number of hydrogen-bond donors (Lipinski definition) is 1. The lowest BCUT2D eigenvalue weighted by Crippen LogP contribution is -2.38. The van der Waals surface area contributed by atoms with Crippen LogP contribution >= 0.6 is 0 Å². The molecular formula is C35H25F3NO2S+. The van der Waals surface area contributed by atoms with Crippen LogP contribution in [0.25, 0.3) is 16.7 Å². The van der Waals surface area contributed by atoms with Crippen LogP contribution < -0.4 is 4.72 Å². The molecule has 1 N–H and O–H groups in total. The van der Waals surface area contributed by atoms with Gasteiger partial charge in [0, 0.05) is 34.4 Å². The molecule has 3 nitrogen and oxygen atoms in total. The Morgan fingerprint density at radius 1 is 0.643 bits per heavy atom. The van der Waals surface area contributed by atoms with E-state index in [1.54, 1.807) is 6.08 Å². The molecule has 0 aliphatic heterocycles. The predicted molar refractivity (Wildman–Crippen MR) is 161 cm³/mol. The Hall–Kier alpha value is -4.75. The average Bonchev–Trinajstić information content (AvgIpc) is 3.01. The van der Waals surface area contributed by atoms with Crippen LogP contribution in [0.4, 0.5) is 13.2 Å². The molecule has 2 aliphatic rings. The number of sulfonamides is 1. The SMILES string of the molecule is O=S(=O)(NC1=CC=CC2C1=C(c1ccccc1)C(c1ccccc1)=C(c1ccccc1)[C+]2c1ccccc1)C(F)(F)F. The third-order valence-corrected chi connectivity index (χ3v) is 8.44. The molecule has 4 aromatic carbocycles. The number of benzene rings is 4. The lowest BCUT2D eigenvalue weighted by atomic mass is 9.63. The maximum absolute atomic E-state index is 13.7. The molecular weight excluding hydrogens is 555 g/mol. The molecule has 2 aliphatic carbocycles. The fourth-order valence-corrected chi connectivity index (χ4v) is 6.22. The molecule has 42 heavy (non-hydrogen) atoms. The first-order valence-electron chi connectivity index (χ1n) is 13.3.